The Hall–Kier alpha value is -1.56. The average molecular weight is 253 g/mol. The average Bonchev–Trinajstić information content (AvgIpc) is 2.85. The summed E-state index contributed by atoms with van der Waals surface area (Å²) in [5.41, 5.74) is 5.38. The molecule has 18 heavy (non-hydrogen) atoms. The molecule has 0 aliphatic carbocycles. The highest BCUT2D eigenvalue weighted by molar-refractivity contribution is 5.85. The Morgan fingerprint density at radius 2 is 2.28 bits per heavy atom. The Bertz CT molecular complexity index is 359. The van der Waals surface area contributed by atoms with Gasteiger partial charge in [0.2, 0.25) is 0 Å². The number of rotatable bonds is 8. The van der Waals surface area contributed by atoms with Crippen molar-refractivity contribution < 1.29 is 5.21 Å². The largest absolute Gasteiger partial charge is 0.409 e. The van der Waals surface area contributed by atoms with Crippen LogP contribution in [0.5, 0.6) is 0 Å². The smallest absolute Gasteiger partial charge is 0.144 e. The summed E-state index contributed by atoms with van der Waals surface area (Å²) in [6, 6.07) is 0. The lowest BCUT2D eigenvalue weighted by atomic mass is 9.86. The number of aromatic nitrogens is 2. The molecule has 4 N–H and O–H groups in total. The zero-order valence-electron chi connectivity index (χ0n) is 11.1. The molecule has 1 aromatic heterocycles. The number of hydrogen-bond donors (Lipinski definition) is 3. The van der Waals surface area contributed by atoms with Gasteiger partial charge in [-0.15, -0.1) is 0 Å². The van der Waals surface area contributed by atoms with E-state index in [1.165, 1.54) is 0 Å². The van der Waals surface area contributed by atoms with E-state index in [-0.39, 0.29) is 5.41 Å². The Morgan fingerprint density at radius 1 is 1.50 bits per heavy atom. The van der Waals surface area contributed by atoms with E-state index in [1.807, 2.05) is 30.9 Å². The van der Waals surface area contributed by atoms with Gasteiger partial charge >= 0.3 is 0 Å². The van der Waals surface area contributed by atoms with Crippen molar-refractivity contribution in [1.82, 2.24) is 14.9 Å². The van der Waals surface area contributed by atoms with Crippen LogP contribution in [0.15, 0.2) is 23.9 Å². The van der Waals surface area contributed by atoms with E-state index in [4.69, 9.17) is 10.9 Å². The van der Waals surface area contributed by atoms with E-state index in [2.05, 4.69) is 15.5 Å². The fourth-order valence-electron chi connectivity index (χ4n) is 1.67. The summed E-state index contributed by atoms with van der Waals surface area (Å²) in [5.74, 6) is 0.293. The van der Waals surface area contributed by atoms with Gasteiger partial charge in [-0.3, -0.25) is 0 Å². The van der Waals surface area contributed by atoms with Gasteiger partial charge in [0.1, 0.15) is 5.84 Å². The van der Waals surface area contributed by atoms with Crippen LogP contribution in [0.4, 0.5) is 0 Å². The predicted octanol–water partition coefficient (Wildman–Crippen LogP) is 1.03. The number of oxime groups is 1. The molecule has 0 fully saturated rings. The van der Waals surface area contributed by atoms with Crippen LogP contribution in [-0.4, -0.2) is 33.7 Å². The van der Waals surface area contributed by atoms with E-state index < -0.39 is 0 Å². The first kappa shape index (κ1) is 14.5. The standard InChI is InChI=1S/C12H23N5O/c1-12(2,11(13)16-18)4-3-5-14-6-8-17-9-7-15-10-17/h7,9-10,14,18H,3-6,8H2,1-2H3,(H2,13,16). The van der Waals surface area contributed by atoms with Gasteiger partial charge in [-0.2, -0.15) is 0 Å². The number of hydrogen-bond acceptors (Lipinski definition) is 4. The lowest BCUT2D eigenvalue weighted by Gasteiger charge is -2.22. The van der Waals surface area contributed by atoms with Gasteiger partial charge in [0.25, 0.3) is 0 Å². The predicted molar refractivity (Wildman–Crippen MR) is 71.5 cm³/mol. The van der Waals surface area contributed by atoms with Crippen LogP contribution in [0, 0.1) is 5.41 Å². The quantitative estimate of drug-likeness (QED) is 0.212. The second-order valence-corrected chi connectivity index (χ2v) is 5.02. The van der Waals surface area contributed by atoms with Crippen LogP contribution in [0.3, 0.4) is 0 Å². The minimum Gasteiger partial charge on any atom is -0.409 e. The van der Waals surface area contributed by atoms with Gasteiger partial charge in [-0.25, -0.2) is 4.98 Å². The number of amidine groups is 1. The van der Waals surface area contributed by atoms with Gasteiger partial charge in [0.15, 0.2) is 0 Å². The fourth-order valence-corrected chi connectivity index (χ4v) is 1.67. The van der Waals surface area contributed by atoms with Crippen LogP contribution in [0.25, 0.3) is 0 Å². The Balaban J connectivity index is 2.08. The van der Waals surface area contributed by atoms with Crippen molar-refractivity contribution >= 4 is 5.84 Å². The third-order valence-electron chi connectivity index (χ3n) is 3.06. The highest BCUT2D eigenvalue weighted by Crippen LogP contribution is 2.21. The molecule has 1 heterocycles. The molecule has 0 bridgehead atoms. The minimum absolute atomic E-state index is 0.249. The van der Waals surface area contributed by atoms with Gasteiger partial charge in [-0.1, -0.05) is 19.0 Å². The molecule has 6 nitrogen and oxygen atoms in total. The van der Waals surface area contributed by atoms with E-state index in [0.717, 1.165) is 32.5 Å². The second-order valence-electron chi connectivity index (χ2n) is 5.02. The number of imidazole rings is 1. The molecule has 0 radical (unpaired) electrons. The number of nitrogens with two attached hydrogens (primary N) is 1. The highest BCUT2D eigenvalue weighted by atomic mass is 16.4. The molecule has 0 atom stereocenters. The summed E-state index contributed by atoms with van der Waals surface area (Å²) in [4.78, 5) is 3.98. The Labute approximate surface area is 108 Å². The molecule has 0 aliphatic heterocycles. The first-order chi connectivity index (χ1) is 8.56. The van der Waals surface area contributed by atoms with Crippen LogP contribution >= 0.6 is 0 Å². The van der Waals surface area contributed by atoms with Crippen molar-refractivity contribution in [3.8, 4) is 0 Å². The lowest BCUT2D eigenvalue weighted by molar-refractivity contribution is 0.304. The van der Waals surface area contributed by atoms with Crippen molar-refractivity contribution in [3.63, 3.8) is 0 Å². The van der Waals surface area contributed by atoms with Crippen LogP contribution in [0.2, 0.25) is 0 Å². The summed E-state index contributed by atoms with van der Waals surface area (Å²) in [6.07, 6.45) is 7.42. The van der Waals surface area contributed by atoms with Crippen LogP contribution in [0.1, 0.15) is 26.7 Å². The molecule has 6 heteroatoms. The zero-order valence-corrected chi connectivity index (χ0v) is 11.1. The second kappa shape index (κ2) is 7.00. The van der Waals surface area contributed by atoms with E-state index in [9.17, 15) is 0 Å². The van der Waals surface area contributed by atoms with Crippen molar-refractivity contribution in [2.24, 2.45) is 16.3 Å². The van der Waals surface area contributed by atoms with Crippen molar-refractivity contribution in [1.29, 1.82) is 0 Å². The Kier molecular flexibility index (Phi) is 5.64. The topological polar surface area (TPSA) is 88.5 Å². The summed E-state index contributed by atoms with van der Waals surface area (Å²) < 4.78 is 2.04. The zero-order chi connectivity index (χ0) is 13.4. The summed E-state index contributed by atoms with van der Waals surface area (Å²) in [7, 11) is 0. The van der Waals surface area contributed by atoms with Crippen molar-refractivity contribution in [2.45, 2.75) is 33.2 Å². The molecule has 0 aromatic carbocycles. The summed E-state index contributed by atoms with van der Waals surface area (Å²) in [5, 5.41) is 15.1. The molecule has 0 amide bonds. The molecule has 0 spiro atoms. The van der Waals surface area contributed by atoms with Gasteiger partial charge < -0.3 is 20.8 Å². The van der Waals surface area contributed by atoms with Gasteiger partial charge in [0, 0.05) is 30.9 Å². The number of nitrogens with one attached hydrogen (secondary N) is 1. The Morgan fingerprint density at radius 3 is 2.89 bits per heavy atom. The summed E-state index contributed by atoms with van der Waals surface area (Å²) in [6.45, 7) is 6.72. The third kappa shape index (κ3) is 4.75. The van der Waals surface area contributed by atoms with E-state index in [0.29, 0.717) is 5.84 Å². The lowest BCUT2D eigenvalue weighted by Crippen LogP contribution is -2.33. The van der Waals surface area contributed by atoms with Gasteiger partial charge in [-0.05, 0) is 19.4 Å². The van der Waals surface area contributed by atoms with E-state index >= 15 is 0 Å². The monoisotopic (exact) mass is 253 g/mol. The summed E-state index contributed by atoms with van der Waals surface area (Å²) >= 11 is 0. The molecule has 0 aliphatic rings. The van der Waals surface area contributed by atoms with E-state index in [1.54, 1.807) is 6.20 Å². The molecule has 0 saturated heterocycles. The van der Waals surface area contributed by atoms with Crippen molar-refractivity contribution in [3.05, 3.63) is 18.7 Å². The SMILES string of the molecule is CC(C)(CCCNCCn1ccnc1)C(N)=NO. The van der Waals surface area contributed by atoms with Gasteiger partial charge in [0.05, 0.1) is 6.33 Å². The minimum atomic E-state index is -0.249. The maximum absolute atomic E-state index is 8.66. The molecule has 1 rings (SSSR count). The third-order valence-corrected chi connectivity index (χ3v) is 3.06. The first-order valence-corrected chi connectivity index (χ1v) is 6.21. The normalized spacial score (nSPS) is 12.9. The van der Waals surface area contributed by atoms with Crippen LogP contribution in [-0.2, 0) is 6.54 Å². The molecule has 102 valence electrons. The molecular weight excluding hydrogens is 230 g/mol. The maximum atomic E-state index is 8.66. The highest BCUT2D eigenvalue weighted by Gasteiger charge is 2.22. The maximum Gasteiger partial charge on any atom is 0.144 e. The number of nitrogens with zero attached hydrogens (tertiary/aromatic N) is 3. The first-order valence-electron chi connectivity index (χ1n) is 6.21. The molecular formula is C12H23N5O. The molecule has 0 saturated carbocycles. The van der Waals surface area contributed by atoms with Crippen LogP contribution < -0.4 is 11.1 Å². The fraction of sp³-hybridized carbons (Fsp3) is 0.667. The molecule has 0 unspecified atom stereocenters. The van der Waals surface area contributed by atoms with Crippen molar-refractivity contribution in [2.75, 3.05) is 13.1 Å². The molecule has 1 aromatic rings.